The number of nitrogens with zero attached hydrogens (tertiary/aromatic N) is 1. The Morgan fingerprint density at radius 1 is 1.24 bits per heavy atom. The maximum absolute atomic E-state index is 12.0. The summed E-state index contributed by atoms with van der Waals surface area (Å²) < 4.78 is 26.1. The van der Waals surface area contributed by atoms with Crippen LogP contribution in [0.4, 0.5) is 5.69 Å². The van der Waals surface area contributed by atoms with Crippen LogP contribution in [0.5, 0.6) is 0 Å². The van der Waals surface area contributed by atoms with E-state index >= 15 is 0 Å². The molecule has 7 nitrogen and oxygen atoms in total. The van der Waals surface area contributed by atoms with Crippen molar-refractivity contribution in [2.75, 3.05) is 24.6 Å². The van der Waals surface area contributed by atoms with Gasteiger partial charge >= 0.3 is 5.97 Å². The molecule has 0 bridgehead atoms. The van der Waals surface area contributed by atoms with E-state index in [1.54, 1.807) is 26.2 Å². The number of para-hydroxylation sites is 1. The highest BCUT2D eigenvalue weighted by Gasteiger charge is 2.17. The van der Waals surface area contributed by atoms with Crippen LogP contribution in [0.1, 0.15) is 23.2 Å². The fourth-order valence-corrected chi connectivity index (χ4v) is 2.77. The maximum Gasteiger partial charge on any atom is 0.303 e. The monoisotopic (exact) mass is 314 g/mol. The van der Waals surface area contributed by atoms with Crippen molar-refractivity contribution in [3.8, 4) is 0 Å². The Balaban J connectivity index is 2.87. The van der Waals surface area contributed by atoms with E-state index in [1.807, 2.05) is 0 Å². The van der Waals surface area contributed by atoms with E-state index in [9.17, 15) is 18.0 Å². The quantitative estimate of drug-likeness (QED) is 0.781. The van der Waals surface area contributed by atoms with Gasteiger partial charge in [-0.25, -0.2) is 8.42 Å². The van der Waals surface area contributed by atoms with Gasteiger partial charge in [-0.15, -0.1) is 0 Å². The summed E-state index contributed by atoms with van der Waals surface area (Å²) in [5, 5.41) is 8.51. The summed E-state index contributed by atoms with van der Waals surface area (Å²) in [6.07, 6.45) is -0.215. The molecule has 1 amide bonds. The van der Waals surface area contributed by atoms with Crippen molar-refractivity contribution in [3.05, 3.63) is 29.8 Å². The van der Waals surface area contributed by atoms with Gasteiger partial charge in [-0.1, -0.05) is 12.1 Å². The molecule has 8 heteroatoms. The molecule has 0 heterocycles. The zero-order valence-electron chi connectivity index (χ0n) is 11.9. The van der Waals surface area contributed by atoms with Crippen molar-refractivity contribution in [2.24, 2.45) is 0 Å². The normalized spacial score (nSPS) is 11.0. The molecule has 2 N–H and O–H groups in total. The van der Waals surface area contributed by atoms with E-state index in [-0.39, 0.29) is 35.8 Å². The molecule has 0 aliphatic carbocycles. The molecule has 0 aliphatic rings. The third-order valence-electron chi connectivity index (χ3n) is 2.63. The highest BCUT2D eigenvalue weighted by Crippen LogP contribution is 2.18. The second-order valence-electron chi connectivity index (χ2n) is 4.66. The van der Waals surface area contributed by atoms with E-state index in [0.29, 0.717) is 0 Å². The zero-order chi connectivity index (χ0) is 16.0. The minimum Gasteiger partial charge on any atom is -0.481 e. The predicted molar refractivity (Wildman–Crippen MR) is 78.7 cm³/mol. The smallest absolute Gasteiger partial charge is 0.303 e. The standard InChI is InChI=1S/C13H18N2O5S/c1-15(2)13(18)10-6-3-4-7-11(10)14-21(19,20)9-5-8-12(16)17/h3-4,6-7,14H,5,8-9H2,1-2H3,(H,16,17). The first-order valence-electron chi connectivity index (χ1n) is 6.26. The number of anilines is 1. The first-order valence-corrected chi connectivity index (χ1v) is 7.91. The van der Waals surface area contributed by atoms with Crippen LogP contribution >= 0.6 is 0 Å². The van der Waals surface area contributed by atoms with Crippen LogP contribution in [-0.2, 0) is 14.8 Å². The minimum atomic E-state index is -3.70. The largest absolute Gasteiger partial charge is 0.481 e. The molecule has 0 saturated heterocycles. The molecule has 116 valence electrons. The second kappa shape index (κ2) is 7.07. The number of aliphatic carboxylic acids is 1. The molecule has 0 atom stereocenters. The number of carboxylic acids is 1. The maximum atomic E-state index is 12.0. The van der Waals surface area contributed by atoms with Gasteiger partial charge < -0.3 is 10.0 Å². The van der Waals surface area contributed by atoms with Crippen LogP contribution in [0.2, 0.25) is 0 Å². The Morgan fingerprint density at radius 3 is 2.43 bits per heavy atom. The fourth-order valence-electron chi connectivity index (χ4n) is 1.63. The topological polar surface area (TPSA) is 104 Å². The van der Waals surface area contributed by atoms with E-state index < -0.39 is 16.0 Å². The summed E-state index contributed by atoms with van der Waals surface area (Å²) in [7, 11) is -0.556. The predicted octanol–water partition coefficient (Wildman–Crippen LogP) is 0.995. The number of hydrogen-bond acceptors (Lipinski definition) is 4. The number of carboxylic acid groups (broad SMARTS) is 1. The first-order chi connectivity index (χ1) is 9.73. The van der Waals surface area contributed by atoms with Gasteiger partial charge in [-0.3, -0.25) is 14.3 Å². The number of rotatable bonds is 7. The molecule has 0 fully saturated rings. The van der Waals surface area contributed by atoms with Gasteiger partial charge in [0, 0.05) is 20.5 Å². The van der Waals surface area contributed by atoms with E-state index in [1.165, 1.54) is 17.0 Å². The number of carbonyl (C=O) groups is 2. The van der Waals surface area contributed by atoms with Gasteiger partial charge in [0.2, 0.25) is 10.0 Å². The molecule has 0 unspecified atom stereocenters. The number of hydrogen-bond donors (Lipinski definition) is 2. The number of nitrogens with one attached hydrogen (secondary N) is 1. The van der Waals surface area contributed by atoms with Gasteiger partial charge in [-0.2, -0.15) is 0 Å². The SMILES string of the molecule is CN(C)C(=O)c1ccccc1NS(=O)(=O)CCCC(=O)O. The molecule has 1 aromatic rings. The zero-order valence-corrected chi connectivity index (χ0v) is 12.7. The molecular formula is C13H18N2O5S. The van der Waals surface area contributed by atoms with Gasteiger partial charge in [-0.05, 0) is 18.6 Å². The average Bonchev–Trinajstić information content (AvgIpc) is 2.37. The molecule has 21 heavy (non-hydrogen) atoms. The van der Waals surface area contributed by atoms with Crippen LogP contribution in [-0.4, -0.2) is 50.1 Å². The molecule has 0 radical (unpaired) electrons. The van der Waals surface area contributed by atoms with Crippen LogP contribution < -0.4 is 4.72 Å². The fraction of sp³-hybridized carbons (Fsp3) is 0.385. The Hall–Kier alpha value is -2.09. The molecular weight excluding hydrogens is 296 g/mol. The highest BCUT2D eigenvalue weighted by atomic mass is 32.2. The summed E-state index contributed by atoms with van der Waals surface area (Å²) in [6.45, 7) is 0. The van der Waals surface area contributed by atoms with Gasteiger partial charge in [0.15, 0.2) is 0 Å². The van der Waals surface area contributed by atoms with Gasteiger partial charge in [0.1, 0.15) is 0 Å². The third-order valence-corrected chi connectivity index (χ3v) is 3.99. The summed E-state index contributed by atoms with van der Waals surface area (Å²) in [4.78, 5) is 23.7. The lowest BCUT2D eigenvalue weighted by molar-refractivity contribution is -0.137. The Morgan fingerprint density at radius 2 is 1.86 bits per heavy atom. The molecule has 0 aliphatic heterocycles. The van der Waals surface area contributed by atoms with Crippen LogP contribution in [0.3, 0.4) is 0 Å². The molecule has 0 saturated carbocycles. The van der Waals surface area contributed by atoms with Crippen molar-refractivity contribution in [1.29, 1.82) is 0 Å². The Labute approximate surface area is 123 Å². The van der Waals surface area contributed by atoms with E-state index in [0.717, 1.165) is 0 Å². The summed E-state index contributed by atoms with van der Waals surface area (Å²) in [5.41, 5.74) is 0.427. The van der Waals surface area contributed by atoms with Crippen molar-refractivity contribution in [2.45, 2.75) is 12.8 Å². The van der Waals surface area contributed by atoms with E-state index in [4.69, 9.17) is 5.11 Å². The van der Waals surface area contributed by atoms with Crippen molar-refractivity contribution in [3.63, 3.8) is 0 Å². The number of benzene rings is 1. The molecule has 1 rings (SSSR count). The lowest BCUT2D eigenvalue weighted by Crippen LogP contribution is -2.25. The molecule has 0 aromatic heterocycles. The van der Waals surface area contributed by atoms with Crippen LogP contribution in [0.25, 0.3) is 0 Å². The highest BCUT2D eigenvalue weighted by molar-refractivity contribution is 7.92. The van der Waals surface area contributed by atoms with Crippen molar-refractivity contribution >= 4 is 27.6 Å². The minimum absolute atomic E-state index is 0.00839. The Bertz CT molecular complexity index is 625. The van der Waals surface area contributed by atoms with Crippen molar-refractivity contribution < 1.29 is 23.1 Å². The van der Waals surface area contributed by atoms with Gasteiger partial charge in [0.25, 0.3) is 5.91 Å². The average molecular weight is 314 g/mol. The van der Waals surface area contributed by atoms with Crippen LogP contribution in [0, 0.1) is 0 Å². The summed E-state index contributed by atoms with van der Waals surface area (Å²) in [5.74, 6) is -1.68. The number of amides is 1. The second-order valence-corrected chi connectivity index (χ2v) is 6.51. The molecule has 0 spiro atoms. The number of carbonyl (C=O) groups excluding carboxylic acids is 1. The van der Waals surface area contributed by atoms with Gasteiger partial charge in [0.05, 0.1) is 17.0 Å². The summed E-state index contributed by atoms with van der Waals surface area (Å²) in [6, 6.07) is 6.27. The first kappa shape index (κ1) is 17.0. The van der Waals surface area contributed by atoms with Crippen molar-refractivity contribution in [1.82, 2.24) is 4.90 Å². The van der Waals surface area contributed by atoms with E-state index in [2.05, 4.69) is 4.72 Å². The number of sulfonamides is 1. The third kappa shape index (κ3) is 5.42. The lowest BCUT2D eigenvalue weighted by atomic mass is 10.1. The lowest BCUT2D eigenvalue weighted by Gasteiger charge is -2.15. The summed E-state index contributed by atoms with van der Waals surface area (Å²) >= 11 is 0. The Kier molecular flexibility index (Phi) is 5.71. The van der Waals surface area contributed by atoms with Crippen LogP contribution in [0.15, 0.2) is 24.3 Å². The molecule has 1 aromatic carbocycles.